The first-order valence-electron chi connectivity index (χ1n) is 5.49. The number of hydrogen-bond donors (Lipinski definition) is 0. The number of benzene rings is 1. The van der Waals surface area contributed by atoms with E-state index >= 15 is 0 Å². The standard InChI is InChI=1S/C12H15NO3S/c1-4-13-8-12(2,3)10-7-9(17(14,15)16)5-6-11(10)13/h5-8H,4H2,1-3H3. The molecule has 92 valence electrons. The van der Waals surface area contributed by atoms with E-state index in [9.17, 15) is 13.0 Å². The number of fused-ring (bicyclic) bond motifs is 1. The van der Waals surface area contributed by atoms with E-state index in [1.54, 1.807) is 6.07 Å². The highest BCUT2D eigenvalue weighted by molar-refractivity contribution is 7.85. The van der Waals surface area contributed by atoms with Crippen LogP contribution in [0.3, 0.4) is 0 Å². The average Bonchev–Trinajstić information content (AvgIpc) is 2.49. The highest BCUT2D eigenvalue weighted by atomic mass is 32.2. The Morgan fingerprint density at radius 1 is 1.35 bits per heavy atom. The molecule has 1 heterocycles. The summed E-state index contributed by atoms with van der Waals surface area (Å²) in [5, 5.41) is 0. The maximum Gasteiger partial charge on any atom is 0.209 e. The van der Waals surface area contributed by atoms with Gasteiger partial charge in [-0.3, -0.25) is 0 Å². The molecule has 0 N–H and O–H groups in total. The zero-order chi connectivity index (χ0) is 12.8. The van der Waals surface area contributed by atoms with Gasteiger partial charge in [-0.15, -0.1) is 0 Å². The molecule has 4 nitrogen and oxygen atoms in total. The zero-order valence-electron chi connectivity index (χ0n) is 10.1. The molecule has 1 aliphatic rings. The Hall–Kier alpha value is -1.20. The highest BCUT2D eigenvalue weighted by Gasteiger charge is 2.36. The summed E-state index contributed by atoms with van der Waals surface area (Å²) in [6.45, 7) is 6.85. The second-order valence-corrected chi connectivity index (χ2v) is 6.15. The van der Waals surface area contributed by atoms with Crippen molar-refractivity contribution in [2.75, 3.05) is 6.54 Å². The van der Waals surface area contributed by atoms with Crippen molar-refractivity contribution in [1.82, 2.24) is 0 Å². The minimum Gasteiger partial charge on any atom is -0.744 e. The van der Waals surface area contributed by atoms with Gasteiger partial charge in [0.2, 0.25) is 5.69 Å². The fourth-order valence-electron chi connectivity index (χ4n) is 2.23. The van der Waals surface area contributed by atoms with E-state index in [1.165, 1.54) is 12.1 Å². The molecule has 17 heavy (non-hydrogen) atoms. The van der Waals surface area contributed by atoms with Gasteiger partial charge in [0, 0.05) is 11.6 Å². The second kappa shape index (κ2) is 3.65. The minimum absolute atomic E-state index is 0.157. The Bertz CT molecular complexity index is 600. The summed E-state index contributed by atoms with van der Waals surface area (Å²) >= 11 is 0. The Morgan fingerprint density at radius 3 is 2.53 bits per heavy atom. The predicted octanol–water partition coefficient (Wildman–Crippen LogP) is 1.62. The van der Waals surface area contributed by atoms with Gasteiger partial charge in [0.1, 0.15) is 16.7 Å². The summed E-state index contributed by atoms with van der Waals surface area (Å²) < 4.78 is 35.1. The van der Waals surface area contributed by atoms with Crippen molar-refractivity contribution in [1.29, 1.82) is 0 Å². The number of rotatable bonds is 2. The van der Waals surface area contributed by atoms with Crippen molar-refractivity contribution in [2.24, 2.45) is 0 Å². The van der Waals surface area contributed by atoms with Gasteiger partial charge in [0.15, 0.2) is 6.21 Å². The molecule has 0 aromatic heterocycles. The maximum atomic E-state index is 11.0. The van der Waals surface area contributed by atoms with Crippen LogP contribution in [0.4, 0.5) is 5.69 Å². The van der Waals surface area contributed by atoms with Gasteiger partial charge in [0.25, 0.3) is 0 Å². The van der Waals surface area contributed by atoms with Crippen LogP contribution in [-0.4, -0.2) is 30.3 Å². The molecule has 0 bridgehead atoms. The van der Waals surface area contributed by atoms with Crippen molar-refractivity contribution in [2.45, 2.75) is 31.1 Å². The molecule has 0 atom stereocenters. The summed E-state index contributed by atoms with van der Waals surface area (Å²) in [6.07, 6.45) is 2.05. The van der Waals surface area contributed by atoms with Crippen LogP contribution in [0.5, 0.6) is 0 Å². The van der Waals surface area contributed by atoms with Crippen molar-refractivity contribution in [3.05, 3.63) is 23.8 Å². The van der Waals surface area contributed by atoms with Crippen molar-refractivity contribution in [3.8, 4) is 0 Å². The molecule has 2 rings (SSSR count). The van der Waals surface area contributed by atoms with Gasteiger partial charge in [-0.05, 0) is 32.9 Å². The van der Waals surface area contributed by atoms with Crippen LogP contribution in [0.25, 0.3) is 0 Å². The van der Waals surface area contributed by atoms with Gasteiger partial charge in [-0.1, -0.05) is 0 Å². The third-order valence-electron chi connectivity index (χ3n) is 3.08. The molecular weight excluding hydrogens is 238 g/mol. The van der Waals surface area contributed by atoms with Gasteiger partial charge in [-0.25, -0.2) is 13.0 Å². The van der Waals surface area contributed by atoms with Gasteiger partial charge in [-0.2, -0.15) is 0 Å². The molecule has 1 aromatic carbocycles. The second-order valence-electron chi connectivity index (χ2n) is 4.77. The molecule has 0 fully saturated rings. The van der Waals surface area contributed by atoms with E-state index in [2.05, 4.69) is 10.8 Å². The smallest absolute Gasteiger partial charge is 0.209 e. The van der Waals surface area contributed by atoms with Crippen LogP contribution < -0.4 is 0 Å². The lowest BCUT2D eigenvalue weighted by molar-refractivity contribution is -0.428. The molecule has 1 aromatic rings. The van der Waals surface area contributed by atoms with Crippen molar-refractivity contribution in [3.63, 3.8) is 0 Å². The molecule has 0 saturated carbocycles. The van der Waals surface area contributed by atoms with Crippen LogP contribution in [0, 0.1) is 0 Å². The zero-order valence-corrected chi connectivity index (χ0v) is 10.9. The minimum atomic E-state index is -4.38. The van der Waals surface area contributed by atoms with Crippen LogP contribution in [0.15, 0.2) is 23.1 Å². The van der Waals surface area contributed by atoms with E-state index in [-0.39, 0.29) is 10.3 Å². The first-order valence-corrected chi connectivity index (χ1v) is 6.89. The topological polar surface area (TPSA) is 60.2 Å². The SMILES string of the molecule is CC[N+]1=CC(C)(C)c2cc(S(=O)(=O)[O-])ccc21. The highest BCUT2D eigenvalue weighted by Crippen LogP contribution is 2.37. The lowest BCUT2D eigenvalue weighted by Gasteiger charge is -2.13. The maximum absolute atomic E-state index is 11.0. The van der Waals surface area contributed by atoms with Gasteiger partial charge in [0.05, 0.1) is 10.3 Å². The van der Waals surface area contributed by atoms with Gasteiger partial charge < -0.3 is 4.55 Å². The van der Waals surface area contributed by atoms with Crippen LogP contribution in [0.1, 0.15) is 26.3 Å². The summed E-state index contributed by atoms with van der Waals surface area (Å²) in [5.74, 6) is 0. The molecule has 5 heteroatoms. The normalized spacial score (nSPS) is 17.8. The first-order chi connectivity index (χ1) is 7.75. The molecule has 0 radical (unpaired) electrons. The lowest BCUT2D eigenvalue weighted by atomic mass is 9.87. The summed E-state index contributed by atoms with van der Waals surface area (Å²) in [7, 11) is -4.38. The molecule has 1 aliphatic heterocycles. The Labute approximate surface area is 101 Å². The Balaban J connectivity index is 2.65. The summed E-state index contributed by atoms with van der Waals surface area (Å²) in [4.78, 5) is -0.157. The third-order valence-corrected chi connectivity index (χ3v) is 3.91. The van der Waals surface area contributed by atoms with Gasteiger partial charge >= 0.3 is 0 Å². The van der Waals surface area contributed by atoms with E-state index in [0.29, 0.717) is 0 Å². The predicted molar refractivity (Wildman–Crippen MR) is 64.0 cm³/mol. The van der Waals surface area contributed by atoms with E-state index in [4.69, 9.17) is 0 Å². The fourth-order valence-corrected chi connectivity index (χ4v) is 2.72. The molecule has 0 saturated heterocycles. The van der Waals surface area contributed by atoms with Crippen LogP contribution >= 0.6 is 0 Å². The summed E-state index contributed by atoms with van der Waals surface area (Å²) in [6, 6.07) is 4.57. The lowest BCUT2D eigenvalue weighted by Crippen LogP contribution is -2.17. The van der Waals surface area contributed by atoms with Crippen LogP contribution in [0.2, 0.25) is 0 Å². The fraction of sp³-hybridized carbons (Fsp3) is 0.417. The largest absolute Gasteiger partial charge is 0.744 e. The average molecular weight is 253 g/mol. The molecular formula is C12H15NO3S. The Morgan fingerprint density at radius 2 is 2.00 bits per heavy atom. The molecule has 0 amide bonds. The van der Waals surface area contributed by atoms with E-state index < -0.39 is 10.1 Å². The van der Waals surface area contributed by atoms with Crippen LogP contribution in [-0.2, 0) is 15.5 Å². The Kier molecular flexibility index (Phi) is 2.63. The summed E-state index contributed by atoms with van der Waals surface area (Å²) in [5.41, 5.74) is 1.62. The van der Waals surface area contributed by atoms with E-state index in [0.717, 1.165) is 17.8 Å². The van der Waals surface area contributed by atoms with Crippen molar-refractivity contribution < 1.29 is 17.5 Å². The monoisotopic (exact) mass is 253 g/mol. The number of hydrogen-bond acceptors (Lipinski definition) is 3. The van der Waals surface area contributed by atoms with E-state index in [1.807, 2.05) is 20.8 Å². The number of nitrogens with zero attached hydrogens (tertiary/aromatic N) is 1. The first kappa shape index (κ1) is 12.3. The third kappa shape index (κ3) is 2.00. The quantitative estimate of drug-likeness (QED) is 0.594. The molecule has 0 aliphatic carbocycles. The molecule has 0 unspecified atom stereocenters. The molecule has 0 spiro atoms. The van der Waals surface area contributed by atoms with Crippen molar-refractivity contribution >= 4 is 22.0 Å².